The normalized spacial score (nSPS) is 10.9. The molecule has 0 N–H and O–H groups in total. The summed E-state index contributed by atoms with van der Waals surface area (Å²) in [7, 11) is 0. The highest BCUT2D eigenvalue weighted by molar-refractivity contribution is 6.06. The van der Waals surface area contributed by atoms with Gasteiger partial charge in [-0.15, -0.1) is 0 Å². The lowest BCUT2D eigenvalue weighted by molar-refractivity contribution is -0.384. The molecule has 25 heavy (non-hydrogen) atoms. The number of aryl methyl sites for hydroxylation is 1. The van der Waals surface area contributed by atoms with Crippen molar-refractivity contribution in [1.82, 2.24) is 0 Å². The fourth-order valence-electron chi connectivity index (χ4n) is 2.34. The lowest BCUT2D eigenvalue weighted by Crippen LogP contribution is -1.93. The van der Waals surface area contributed by atoms with Gasteiger partial charge in [-0.25, -0.2) is 0 Å². The number of furan rings is 1. The molecule has 0 amide bonds. The largest absolute Gasteiger partial charge is 0.457 e. The SMILES string of the molecule is Cc1ccc(C(=O)C=Cc2ccc(-c3cccc([N+](=O)[O-])c3)o2)cc1. The third-order valence-electron chi connectivity index (χ3n) is 3.70. The summed E-state index contributed by atoms with van der Waals surface area (Å²) in [4.78, 5) is 22.5. The first-order valence-electron chi connectivity index (χ1n) is 7.67. The highest BCUT2D eigenvalue weighted by atomic mass is 16.6. The molecule has 2 aromatic carbocycles. The Kier molecular flexibility index (Phi) is 4.57. The first-order valence-corrected chi connectivity index (χ1v) is 7.67. The summed E-state index contributed by atoms with van der Waals surface area (Å²) < 4.78 is 5.65. The van der Waals surface area contributed by atoms with E-state index in [0.717, 1.165) is 5.56 Å². The Morgan fingerprint density at radius 3 is 2.56 bits per heavy atom. The van der Waals surface area contributed by atoms with Crippen molar-refractivity contribution in [1.29, 1.82) is 0 Å². The Balaban J connectivity index is 1.77. The van der Waals surface area contributed by atoms with Gasteiger partial charge in [-0.2, -0.15) is 0 Å². The van der Waals surface area contributed by atoms with Gasteiger partial charge >= 0.3 is 0 Å². The van der Waals surface area contributed by atoms with E-state index in [-0.39, 0.29) is 11.5 Å². The van der Waals surface area contributed by atoms with Crippen molar-refractivity contribution < 1.29 is 14.1 Å². The van der Waals surface area contributed by atoms with Crippen LogP contribution in [0.1, 0.15) is 21.7 Å². The summed E-state index contributed by atoms with van der Waals surface area (Å²) in [6.45, 7) is 1.96. The van der Waals surface area contributed by atoms with E-state index in [4.69, 9.17) is 4.42 Å². The maximum atomic E-state index is 12.1. The minimum atomic E-state index is -0.451. The van der Waals surface area contributed by atoms with Gasteiger partial charge in [-0.1, -0.05) is 42.0 Å². The molecule has 0 bridgehead atoms. The van der Waals surface area contributed by atoms with Gasteiger partial charge in [-0.3, -0.25) is 14.9 Å². The van der Waals surface area contributed by atoms with Gasteiger partial charge < -0.3 is 4.42 Å². The van der Waals surface area contributed by atoms with Crippen molar-refractivity contribution in [2.75, 3.05) is 0 Å². The number of allylic oxidation sites excluding steroid dienone is 1. The van der Waals surface area contributed by atoms with Crippen LogP contribution in [-0.4, -0.2) is 10.7 Å². The molecule has 0 unspecified atom stereocenters. The minimum absolute atomic E-state index is 0.000501. The second-order valence-electron chi connectivity index (χ2n) is 5.57. The number of benzene rings is 2. The van der Waals surface area contributed by atoms with Crippen molar-refractivity contribution in [3.8, 4) is 11.3 Å². The number of nitro groups is 1. The Morgan fingerprint density at radius 1 is 1.08 bits per heavy atom. The van der Waals surface area contributed by atoms with Crippen LogP contribution in [0.5, 0.6) is 0 Å². The van der Waals surface area contributed by atoms with Crippen LogP contribution >= 0.6 is 0 Å². The molecule has 0 fully saturated rings. The van der Waals surface area contributed by atoms with E-state index in [9.17, 15) is 14.9 Å². The molecular formula is C20H15NO4. The average molecular weight is 333 g/mol. The lowest BCUT2D eigenvalue weighted by atomic mass is 10.1. The van der Waals surface area contributed by atoms with E-state index in [1.54, 1.807) is 42.5 Å². The summed E-state index contributed by atoms with van der Waals surface area (Å²) in [5.74, 6) is 0.890. The first-order chi connectivity index (χ1) is 12.0. The molecule has 0 aliphatic heterocycles. The van der Waals surface area contributed by atoms with Crippen LogP contribution in [0.25, 0.3) is 17.4 Å². The van der Waals surface area contributed by atoms with E-state index in [1.165, 1.54) is 18.2 Å². The summed E-state index contributed by atoms with van der Waals surface area (Å²) in [6.07, 6.45) is 3.03. The molecule has 0 saturated carbocycles. The van der Waals surface area contributed by atoms with Crippen LogP contribution in [0.2, 0.25) is 0 Å². The molecule has 0 spiro atoms. The van der Waals surface area contributed by atoms with E-state index >= 15 is 0 Å². The summed E-state index contributed by atoms with van der Waals surface area (Å²) in [6, 6.07) is 17.0. The second kappa shape index (κ2) is 6.97. The topological polar surface area (TPSA) is 73.3 Å². The molecule has 3 aromatic rings. The molecule has 0 atom stereocenters. The molecule has 1 aromatic heterocycles. The second-order valence-corrected chi connectivity index (χ2v) is 5.57. The maximum Gasteiger partial charge on any atom is 0.270 e. The van der Waals surface area contributed by atoms with Crippen molar-refractivity contribution in [2.24, 2.45) is 0 Å². The molecule has 124 valence electrons. The molecule has 5 nitrogen and oxygen atoms in total. The molecule has 0 aliphatic carbocycles. The number of rotatable bonds is 5. The zero-order valence-corrected chi connectivity index (χ0v) is 13.5. The van der Waals surface area contributed by atoms with Crippen LogP contribution in [0.4, 0.5) is 5.69 Å². The third-order valence-corrected chi connectivity index (χ3v) is 3.70. The van der Waals surface area contributed by atoms with E-state index in [2.05, 4.69) is 0 Å². The number of carbonyl (C=O) groups excluding carboxylic acids is 1. The highest BCUT2D eigenvalue weighted by Crippen LogP contribution is 2.26. The maximum absolute atomic E-state index is 12.1. The fraction of sp³-hybridized carbons (Fsp3) is 0.0500. The van der Waals surface area contributed by atoms with E-state index in [0.29, 0.717) is 22.6 Å². The summed E-state index contributed by atoms with van der Waals surface area (Å²) in [5, 5.41) is 10.8. The Morgan fingerprint density at radius 2 is 1.84 bits per heavy atom. The number of non-ortho nitro benzene ring substituents is 1. The molecule has 3 rings (SSSR count). The molecular weight excluding hydrogens is 318 g/mol. The molecule has 1 heterocycles. The molecule has 0 aliphatic rings. The van der Waals surface area contributed by atoms with Crippen molar-refractivity contribution in [2.45, 2.75) is 6.92 Å². The highest BCUT2D eigenvalue weighted by Gasteiger charge is 2.10. The third kappa shape index (κ3) is 3.90. The van der Waals surface area contributed by atoms with Gasteiger partial charge in [0, 0.05) is 23.3 Å². The molecule has 0 saturated heterocycles. The number of carbonyl (C=O) groups is 1. The number of hydrogen-bond donors (Lipinski definition) is 0. The lowest BCUT2D eigenvalue weighted by Gasteiger charge is -1.97. The van der Waals surface area contributed by atoms with Gasteiger partial charge in [0.05, 0.1) is 4.92 Å². The van der Waals surface area contributed by atoms with E-state index in [1.807, 2.05) is 19.1 Å². The van der Waals surface area contributed by atoms with Gasteiger partial charge in [0.15, 0.2) is 5.78 Å². The van der Waals surface area contributed by atoms with Gasteiger partial charge in [-0.05, 0) is 31.2 Å². The van der Waals surface area contributed by atoms with Crippen LogP contribution in [-0.2, 0) is 0 Å². The molecule has 5 heteroatoms. The Bertz CT molecular complexity index is 952. The zero-order chi connectivity index (χ0) is 17.8. The average Bonchev–Trinajstić information content (AvgIpc) is 3.09. The van der Waals surface area contributed by atoms with Gasteiger partial charge in [0.25, 0.3) is 5.69 Å². The standard InChI is InChI=1S/C20H15NO4/c1-14-5-7-15(8-6-14)19(22)11-9-18-10-12-20(25-18)16-3-2-4-17(13-16)21(23)24/h2-13H,1H3. The minimum Gasteiger partial charge on any atom is -0.457 e. The van der Waals surface area contributed by atoms with Gasteiger partial charge in [0.1, 0.15) is 11.5 Å². The number of hydrogen-bond acceptors (Lipinski definition) is 4. The summed E-state index contributed by atoms with van der Waals surface area (Å²) >= 11 is 0. The number of nitro benzene ring substituents is 1. The fourth-order valence-corrected chi connectivity index (χ4v) is 2.34. The van der Waals surface area contributed by atoms with Crippen LogP contribution in [0.3, 0.4) is 0 Å². The smallest absolute Gasteiger partial charge is 0.270 e. The van der Waals surface area contributed by atoms with Crippen LogP contribution < -0.4 is 0 Å². The van der Waals surface area contributed by atoms with Crippen LogP contribution in [0.15, 0.2) is 71.2 Å². The monoisotopic (exact) mass is 333 g/mol. The Hall–Kier alpha value is -3.47. The van der Waals surface area contributed by atoms with Crippen molar-refractivity contribution in [3.63, 3.8) is 0 Å². The van der Waals surface area contributed by atoms with Gasteiger partial charge in [0.2, 0.25) is 0 Å². The quantitative estimate of drug-likeness (QED) is 0.283. The number of nitrogens with zero attached hydrogens (tertiary/aromatic N) is 1. The van der Waals surface area contributed by atoms with Crippen LogP contribution in [0, 0.1) is 17.0 Å². The first kappa shape index (κ1) is 16.4. The predicted octanol–water partition coefficient (Wildman–Crippen LogP) is 5.06. The zero-order valence-electron chi connectivity index (χ0n) is 13.5. The molecule has 0 radical (unpaired) electrons. The Labute approximate surface area is 144 Å². The van der Waals surface area contributed by atoms with E-state index < -0.39 is 4.92 Å². The predicted molar refractivity (Wildman–Crippen MR) is 95.3 cm³/mol. The summed E-state index contributed by atoms with van der Waals surface area (Å²) in [5.41, 5.74) is 2.31. The van der Waals surface area contributed by atoms with Crippen molar-refractivity contribution in [3.05, 3.63) is 93.7 Å². The number of ketones is 1. The van der Waals surface area contributed by atoms with Crippen molar-refractivity contribution >= 4 is 17.5 Å².